The molecule has 6 heteroatoms. The summed E-state index contributed by atoms with van der Waals surface area (Å²) in [4.78, 5) is 2.11. The van der Waals surface area contributed by atoms with Crippen LogP contribution in [0.25, 0.3) is 0 Å². The van der Waals surface area contributed by atoms with Crippen molar-refractivity contribution in [2.24, 2.45) is 0 Å². The van der Waals surface area contributed by atoms with Crippen molar-refractivity contribution in [2.45, 2.75) is 13.5 Å². The van der Waals surface area contributed by atoms with Gasteiger partial charge in [0, 0.05) is 6.54 Å². The van der Waals surface area contributed by atoms with Crippen LogP contribution < -0.4 is 4.90 Å². The fourth-order valence-electron chi connectivity index (χ4n) is 1.23. The van der Waals surface area contributed by atoms with Gasteiger partial charge in [0.05, 0.1) is 12.8 Å². The normalized spacial score (nSPS) is 10.5. The molecule has 0 saturated carbocycles. The highest BCUT2D eigenvalue weighted by atomic mass is 79.9. The molecular formula is C9H10BrN3OS. The topological polar surface area (TPSA) is 42.2 Å². The van der Waals surface area contributed by atoms with Gasteiger partial charge in [0.25, 0.3) is 0 Å². The maximum absolute atomic E-state index is 5.30. The molecular weight excluding hydrogens is 278 g/mol. The van der Waals surface area contributed by atoms with Crippen molar-refractivity contribution in [3.8, 4) is 0 Å². The summed E-state index contributed by atoms with van der Waals surface area (Å²) >= 11 is 4.82. The Balaban J connectivity index is 2.11. The first kappa shape index (κ1) is 10.6. The Hall–Kier alpha value is -0.880. The molecule has 2 rings (SSSR count). The monoisotopic (exact) mass is 287 g/mol. The van der Waals surface area contributed by atoms with Gasteiger partial charge in [0.2, 0.25) is 5.13 Å². The fraction of sp³-hybridized carbons (Fsp3) is 0.333. The van der Waals surface area contributed by atoms with Crippen LogP contribution >= 0.6 is 27.3 Å². The van der Waals surface area contributed by atoms with E-state index in [-0.39, 0.29) is 0 Å². The van der Waals surface area contributed by atoms with Crippen LogP contribution in [-0.2, 0) is 6.54 Å². The van der Waals surface area contributed by atoms with Crippen molar-refractivity contribution < 1.29 is 4.42 Å². The number of halogens is 1. The van der Waals surface area contributed by atoms with E-state index in [4.69, 9.17) is 4.42 Å². The van der Waals surface area contributed by atoms with Crippen LogP contribution in [0.2, 0.25) is 0 Å². The number of furan rings is 1. The average molecular weight is 288 g/mol. The van der Waals surface area contributed by atoms with Crippen molar-refractivity contribution in [1.82, 2.24) is 10.2 Å². The van der Waals surface area contributed by atoms with Gasteiger partial charge in [-0.3, -0.25) is 0 Å². The molecule has 0 amide bonds. The Morgan fingerprint density at radius 2 is 2.40 bits per heavy atom. The van der Waals surface area contributed by atoms with E-state index in [2.05, 4.69) is 38.0 Å². The zero-order valence-corrected chi connectivity index (χ0v) is 10.6. The summed E-state index contributed by atoms with van der Waals surface area (Å²) in [5, 5.41) is 8.90. The van der Waals surface area contributed by atoms with E-state index in [1.54, 1.807) is 6.26 Å². The second kappa shape index (κ2) is 4.76. The van der Waals surface area contributed by atoms with E-state index in [1.807, 2.05) is 12.1 Å². The highest BCUT2D eigenvalue weighted by Crippen LogP contribution is 2.25. The van der Waals surface area contributed by atoms with E-state index in [9.17, 15) is 0 Å². The Labute approximate surface area is 100 Å². The molecule has 0 bridgehead atoms. The van der Waals surface area contributed by atoms with Crippen LogP contribution in [-0.4, -0.2) is 16.7 Å². The standard InChI is InChI=1S/C9H10BrN3OS/c1-2-13(6-7-4-3-5-14-7)9-12-11-8(10)15-9/h3-5H,2,6H2,1H3. The van der Waals surface area contributed by atoms with Crippen LogP contribution in [0.5, 0.6) is 0 Å². The predicted molar refractivity (Wildman–Crippen MR) is 63.0 cm³/mol. The first-order valence-electron chi connectivity index (χ1n) is 4.56. The molecule has 0 N–H and O–H groups in total. The molecule has 0 radical (unpaired) electrons. The summed E-state index contributed by atoms with van der Waals surface area (Å²) < 4.78 is 6.10. The molecule has 0 unspecified atom stereocenters. The Morgan fingerprint density at radius 3 is 2.93 bits per heavy atom. The minimum absolute atomic E-state index is 0.727. The van der Waals surface area contributed by atoms with Crippen LogP contribution in [0, 0.1) is 0 Å². The van der Waals surface area contributed by atoms with Gasteiger partial charge in [0.15, 0.2) is 3.92 Å². The molecule has 2 aromatic heterocycles. The molecule has 0 aromatic carbocycles. The zero-order chi connectivity index (χ0) is 10.7. The van der Waals surface area contributed by atoms with Crippen molar-refractivity contribution in [2.75, 3.05) is 11.4 Å². The second-order valence-corrected chi connectivity index (χ2v) is 5.16. The molecule has 2 aromatic rings. The van der Waals surface area contributed by atoms with Crippen molar-refractivity contribution >= 4 is 32.4 Å². The molecule has 80 valence electrons. The Kier molecular flexibility index (Phi) is 3.37. The van der Waals surface area contributed by atoms with Gasteiger partial charge in [-0.05, 0) is 35.0 Å². The largest absolute Gasteiger partial charge is 0.467 e. The molecule has 0 aliphatic rings. The maximum Gasteiger partial charge on any atom is 0.209 e. The number of anilines is 1. The minimum Gasteiger partial charge on any atom is -0.467 e. The molecule has 0 atom stereocenters. The minimum atomic E-state index is 0.727. The smallest absolute Gasteiger partial charge is 0.209 e. The molecule has 0 aliphatic heterocycles. The lowest BCUT2D eigenvalue weighted by Gasteiger charge is -2.17. The molecule has 0 spiro atoms. The first-order valence-corrected chi connectivity index (χ1v) is 6.17. The van der Waals surface area contributed by atoms with Gasteiger partial charge in [-0.2, -0.15) is 0 Å². The highest BCUT2D eigenvalue weighted by Gasteiger charge is 2.11. The Morgan fingerprint density at radius 1 is 1.53 bits per heavy atom. The van der Waals surface area contributed by atoms with Crippen molar-refractivity contribution in [1.29, 1.82) is 0 Å². The third-order valence-corrected chi connectivity index (χ3v) is 3.39. The molecule has 15 heavy (non-hydrogen) atoms. The van der Waals surface area contributed by atoms with Gasteiger partial charge in [-0.15, -0.1) is 10.2 Å². The lowest BCUT2D eigenvalue weighted by molar-refractivity contribution is 0.503. The summed E-state index contributed by atoms with van der Waals surface area (Å²) in [5.74, 6) is 0.933. The summed E-state index contributed by atoms with van der Waals surface area (Å²) in [6.07, 6.45) is 1.68. The summed E-state index contributed by atoms with van der Waals surface area (Å²) in [6, 6.07) is 3.85. The maximum atomic E-state index is 5.30. The van der Waals surface area contributed by atoms with Crippen LogP contribution in [0.1, 0.15) is 12.7 Å². The molecule has 2 heterocycles. The predicted octanol–water partition coefficient (Wildman–Crippen LogP) is 2.92. The van der Waals surface area contributed by atoms with Gasteiger partial charge >= 0.3 is 0 Å². The van der Waals surface area contributed by atoms with Gasteiger partial charge in [-0.25, -0.2) is 0 Å². The SMILES string of the molecule is CCN(Cc1ccco1)c1nnc(Br)s1. The van der Waals surface area contributed by atoms with Crippen LogP contribution in [0.3, 0.4) is 0 Å². The van der Waals surface area contributed by atoms with E-state index < -0.39 is 0 Å². The lowest BCUT2D eigenvalue weighted by Crippen LogP contribution is -2.21. The van der Waals surface area contributed by atoms with Crippen LogP contribution in [0.4, 0.5) is 5.13 Å². The van der Waals surface area contributed by atoms with E-state index >= 15 is 0 Å². The first-order chi connectivity index (χ1) is 7.29. The molecule has 0 saturated heterocycles. The van der Waals surface area contributed by atoms with E-state index in [1.165, 1.54) is 11.3 Å². The van der Waals surface area contributed by atoms with Gasteiger partial charge in [-0.1, -0.05) is 11.3 Å². The molecule has 0 fully saturated rings. The summed E-state index contributed by atoms with van der Waals surface area (Å²) in [5.41, 5.74) is 0. The summed E-state index contributed by atoms with van der Waals surface area (Å²) in [7, 11) is 0. The highest BCUT2D eigenvalue weighted by molar-refractivity contribution is 9.11. The van der Waals surface area contributed by atoms with Crippen molar-refractivity contribution in [3.05, 3.63) is 28.1 Å². The van der Waals surface area contributed by atoms with Crippen LogP contribution in [0.15, 0.2) is 26.7 Å². The second-order valence-electron chi connectivity index (χ2n) is 2.93. The number of hydrogen-bond acceptors (Lipinski definition) is 5. The average Bonchev–Trinajstić information content (AvgIpc) is 2.85. The number of nitrogens with zero attached hydrogens (tertiary/aromatic N) is 3. The van der Waals surface area contributed by atoms with Gasteiger partial charge < -0.3 is 9.32 Å². The fourth-order valence-corrected chi connectivity index (χ4v) is 2.38. The molecule has 0 aliphatic carbocycles. The third kappa shape index (κ3) is 2.57. The summed E-state index contributed by atoms with van der Waals surface area (Å²) in [6.45, 7) is 3.69. The number of hydrogen-bond donors (Lipinski definition) is 0. The number of rotatable bonds is 4. The third-order valence-electron chi connectivity index (χ3n) is 1.97. The van der Waals surface area contributed by atoms with E-state index in [0.717, 1.165) is 27.9 Å². The van der Waals surface area contributed by atoms with E-state index in [0.29, 0.717) is 0 Å². The number of aromatic nitrogens is 2. The Bertz CT molecular complexity index is 415. The van der Waals surface area contributed by atoms with Crippen molar-refractivity contribution in [3.63, 3.8) is 0 Å². The van der Waals surface area contributed by atoms with Gasteiger partial charge in [0.1, 0.15) is 5.76 Å². The quantitative estimate of drug-likeness (QED) is 0.867. The zero-order valence-electron chi connectivity index (χ0n) is 8.18. The lowest BCUT2D eigenvalue weighted by atomic mass is 10.4. The molecule has 4 nitrogen and oxygen atoms in total.